The van der Waals surface area contributed by atoms with Gasteiger partial charge in [-0.05, 0) is 30.0 Å². The van der Waals surface area contributed by atoms with Crippen LogP contribution in [0.3, 0.4) is 0 Å². The van der Waals surface area contributed by atoms with E-state index in [4.69, 9.17) is 0 Å². The molecule has 3 nitrogen and oxygen atoms in total. The van der Waals surface area contributed by atoms with Gasteiger partial charge in [0.2, 0.25) is 0 Å². The van der Waals surface area contributed by atoms with Gasteiger partial charge in [0.25, 0.3) is 0 Å². The second-order valence-corrected chi connectivity index (χ2v) is 4.68. The van der Waals surface area contributed by atoms with Gasteiger partial charge in [0, 0.05) is 25.0 Å². The van der Waals surface area contributed by atoms with Crippen LogP contribution in [0.15, 0.2) is 42.7 Å². The lowest BCUT2D eigenvalue weighted by Crippen LogP contribution is -2.15. The highest BCUT2D eigenvalue weighted by Crippen LogP contribution is 2.19. The maximum Gasteiger partial charge on any atom is 0.0659 e. The highest BCUT2D eigenvalue weighted by atomic mass is 15.3. The number of rotatable bonds is 5. The van der Waals surface area contributed by atoms with Gasteiger partial charge in [-0.2, -0.15) is 5.10 Å². The Morgan fingerprint density at radius 1 is 1.18 bits per heavy atom. The third kappa shape index (κ3) is 2.94. The molecule has 0 aliphatic heterocycles. The number of hydrogen-bond acceptors (Lipinski definition) is 2. The van der Waals surface area contributed by atoms with Gasteiger partial charge in [-0.25, -0.2) is 0 Å². The first-order chi connectivity index (χ1) is 8.40. The molecule has 0 bridgehead atoms. The Morgan fingerprint density at radius 2 is 1.94 bits per heavy atom. The maximum atomic E-state index is 4.21. The summed E-state index contributed by atoms with van der Waals surface area (Å²) < 4.78 is 1.94. The van der Waals surface area contributed by atoms with Gasteiger partial charge in [0.15, 0.2) is 0 Å². The second kappa shape index (κ2) is 4.72. The lowest BCUT2D eigenvalue weighted by molar-refractivity contribution is 0.680. The molecule has 2 aromatic rings. The molecule has 0 unspecified atom stereocenters. The van der Waals surface area contributed by atoms with E-state index in [0.717, 1.165) is 19.1 Å². The van der Waals surface area contributed by atoms with Crippen molar-refractivity contribution >= 4 is 0 Å². The van der Waals surface area contributed by atoms with Crippen molar-refractivity contribution in [3.63, 3.8) is 0 Å². The van der Waals surface area contributed by atoms with E-state index in [1.54, 1.807) is 0 Å². The molecule has 0 amide bonds. The van der Waals surface area contributed by atoms with E-state index in [-0.39, 0.29) is 0 Å². The van der Waals surface area contributed by atoms with E-state index in [1.165, 1.54) is 24.0 Å². The summed E-state index contributed by atoms with van der Waals surface area (Å²) in [6, 6.07) is 11.5. The van der Waals surface area contributed by atoms with Crippen LogP contribution in [0, 0.1) is 0 Å². The van der Waals surface area contributed by atoms with Crippen molar-refractivity contribution in [2.24, 2.45) is 0 Å². The van der Waals surface area contributed by atoms with E-state index < -0.39 is 0 Å². The summed E-state index contributed by atoms with van der Waals surface area (Å²) in [6.07, 6.45) is 6.49. The van der Waals surface area contributed by atoms with Gasteiger partial charge in [-0.15, -0.1) is 0 Å². The van der Waals surface area contributed by atoms with Gasteiger partial charge in [0.1, 0.15) is 0 Å². The predicted molar refractivity (Wildman–Crippen MR) is 67.6 cm³/mol. The minimum atomic E-state index is 0.777. The summed E-state index contributed by atoms with van der Waals surface area (Å²) in [5, 5.41) is 7.73. The van der Waals surface area contributed by atoms with Crippen LogP contribution in [0.2, 0.25) is 0 Å². The van der Waals surface area contributed by atoms with E-state index in [0.29, 0.717) is 0 Å². The molecular weight excluding hydrogens is 210 g/mol. The van der Waals surface area contributed by atoms with Crippen molar-refractivity contribution in [1.82, 2.24) is 15.1 Å². The minimum absolute atomic E-state index is 0.777. The first-order valence-corrected chi connectivity index (χ1v) is 6.19. The van der Waals surface area contributed by atoms with Crippen molar-refractivity contribution in [3.05, 3.63) is 53.9 Å². The third-order valence-corrected chi connectivity index (χ3v) is 3.10. The topological polar surface area (TPSA) is 29.9 Å². The molecule has 1 saturated carbocycles. The van der Waals surface area contributed by atoms with Crippen LogP contribution in [0.5, 0.6) is 0 Å². The quantitative estimate of drug-likeness (QED) is 0.848. The number of hydrogen-bond donors (Lipinski definition) is 1. The molecule has 0 radical (unpaired) electrons. The van der Waals surface area contributed by atoms with Gasteiger partial charge in [-0.1, -0.05) is 24.3 Å². The van der Waals surface area contributed by atoms with E-state index in [2.05, 4.69) is 34.7 Å². The third-order valence-electron chi connectivity index (χ3n) is 3.10. The summed E-state index contributed by atoms with van der Waals surface area (Å²) >= 11 is 0. The second-order valence-electron chi connectivity index (χ2n) is 4.68. The number of aromatic nitrogens is 2. The van der Waals surface area contributed by atoms with E-state index >= 15 is 0 Å². The molecule has 1 aromatic carbocycles. The maximum absolute atomic E-state index is 4.21. The smallest absolute Gasteiger partial charge is 0.0659 e. The molecule has 0 atom stereocenters. The molecule has 1 aliphatic carbocycles. The molecule has 1 fully saturated rings. The lowest BCUT2D eigenvalue weighted by Gasteiger charge is -2.05. The fraction of sp³-hybridized carbons (Fsp3) is 0.357. The van der Waals surface area contributed by atoms with Crippen LogP contribution in [0.1, 0.15) is 24.0 Å². The van der Waals surface area contributed by atoms with Crippen molar-refractivity contribution in [2.45, 2.75) is 32.0 Å². The molecule has 88 valence electrons. The fourth-order valence-electron chi connectivity index (χ4n) is 1.89. The summed E-state index contributed by atoms with van der Waals surface area (Å²) in [4.78, 5) is 0. The lowest BCUT2D eigenvalue weighted by atomic mass is 10.1. The summed E-state index contributed by atoms with van der Waals surface area (Å²) in [6.45, 7) is 1.84. The first-order valence-electron chi connectivity index (χ1n) is 6.19. The zero-order chi connectivity index (χ0) is 11.5. The van der Waals surface area contributed by atoms with E-state index in [1.807, 2.05) is 23.1 Å². The van der Waals surface area contributed by atoms with Crippen LogP contribution in [-0.4, -0.2) is 15.8 Å². The Balaban J connectivity index is 1.58. The van der Waals surface area contributed by atoms with Crippen molar-refractivity contribution in [3.8, 4) is 0 Å². The highest BCUT2D eigenvalue weighted by Gasteiger charge is 2.19. The van der Waals surface area contributed by atoms with Crippen LogP contribution >= 0.6 is 0 Å². The zero-order valence-corrected chi connectivity index (χ0v) is 9.84. The Bertz CT molecular complexity index is 455. The largest absolute Gasteiger partial charge is 0.310 e. The van der Waals surface area contributed by atoms with Gasteiger partial charge in [-0.3, -0.25) is 4.68 Å². The number of nitrogens with one attached hydrogen (secondary N) is 1. The molecule has 1 aliphatic rings. The monoisotopic (exact) mass is 227 g/mol. The molecule has 17 heavy (non-hydrogen) atoms. The van der Waals surface area contributed by atoms with Crippen molar-refractivity contribution in [1.29, 1.82) is 0 Å². The first kappa shape index (κ1) is 10.5. The summed E-state index contributed by atoms with van der Waals surface area (Å²) in [5.41, 5.74) is 2.66. The predicted octanol–water partition coefficient (Wildman–Crippen LogP) is 2.18. The highest BCUT2D eigenvalue weighted by molar-refractivity contribution is 5.22. The fourth-order valence-corrected chi connectivity index (χ4v) is 1.89. The molecule has 0 saturated heterocycles. The standard InChI is InChI=1S/C14H17N3/c1-8-16-17(9-1)11-13-4-2-12(3-5-13)10-15-14-6-7-14/h1-5,8-9,14-15H,6-7,10-11H2. The number of nitrogens with zero attached hydrogens (tertiary/aromatic N) is 2. The Hall–Kier alpha value is -1.61. The van der Waals surface area contributed by atoms with Crippen molar-refractivity contribution < 1.29 is 0 Å². The average molecular weight is 227 g/mol. The van der Waals surface area contributed by atoms with Crippen LogP contribution in [-0.2, 0) is 13.1 Å². The minimum Gasteiger partial charge on any atom is -0.310 e. The molecule has 1 heterocycles. The molecule has 1 aromatic heterocycles. The van der Waals surface area contributed by atoms with E-state index in [9.17, 15) is 0 Å². The molecule has 0 spiro atoms. The van der Waals surface area contributed by atoms with Crippen LogP contribution in [0.4, 0.5) is 0 Å². The number of benzene rings is 1. The zero-order valence-electron chi connectivity index (χ0n) is 9.84. The van der Waals surface area contributed by atoms with Gasteiger partial charge in [0.05, 0.1) is 6.54 Å². The normalized spacial score (nSPS) is 15.1. The molecule has 1 N–H and O–H groups in total. The van der Waals surface area contributed by atoms with Crippen molar-refractivity contribution in [2.75, 3.05) is 0 Å². The Labute approximate surface area is 101 Å². The molecular formula is C14H17N3. The SMILES string of the molecule is c1cnn(Cc2ccc(CNC3CC3)cc2)c1. The Morgan fingerprint density at radius 3 is 2.59 bits per heavy atom. The molecule has 3 rings (SSSR count). The van der Waals surface area contributed by atoms with Gasteiger partial charge < -0.3 is 5.32 Å². The Kier molecular flexibility index (Phi) is 2.92. The van der Waals surface area contributed by atoms with Gasteiger partial charge >= 0.3 is 0 Å². The van der Waals surface area contributed by atoms with Crippen LogP contribution in [0.25, 0.3) is 0 Å². The van der Waals surface area contributed by atoms with Crippen LogP contribution < -0.4 is 5.32 Å². The summed E-state index contributed by atoms with van der Waals surface area (Å²) in [7, 11) is 0. The molecule has 3 heteroatoms. The average Bonchev–Trinajstić information content (AvgIpc) is 3.05. The summed E-state index contributed by atoms with van der Waals surface area (Å²) in [5.74, 6) is 0.